The van der Waals surface area contributed by atoms with Gasteiger partial charge in [0.1, 0.15) is 12.4 Å². The number of amides is 2. The number of fused-ring (bicyclic) bond motifs is 2. The van der Waals surface area contributed by atoms with Crippen molar-refractivity contribution < 1.29 is 14.3 Å². The lowest BCUT2D eigenvalue weighted by Crippen LogP contribution is -2.27. The van der Waals surface area contributed by atoms with E-state index in [1.54, 1.807) is 18.3 Å². The Labute approximate surface area is 174 Å². The molecular weight excluding hydrogens is 380 g/mol. The van der Waals surface area contributed by atoms with Crippen LogP contribution in [0.3, 0.4) is 0 Å². The topological polar surface area (TPSA) is 84.4 Å². The number of likely N-dealkylation sites (tertiary alicyclic amines) is 1. The molecule has 0 radical (unpaired) electrons. The van der Waals surface area contributed by atoms with Crippen molar-refractivity contribution in [2.45, 2.75) is 13.0 Å². The van der Waals surface area contributed by atoms with E-state index in [1.165, 1.54) is 11.1 Å². The maximum atomic E-state index is 12.7. The number of hydrogen-bond donors (Lipinski definition) is 1. The van der Waals surface area contributed by atoms with Crippen LogP contribution in [0.25, 0.3) is 11.6 Å². The zero-order valence-electron chi connectivity index (χ0n) is 16.5. The molecule has 30 heavy (non-hydrogen) atoms. The van der Waals surface area contributed by atoms with Crippen LogP contribution in [0.4, 0.5) is 5.82 Å². The van der Waals surface area contributed by atoms with Crippen molar-refractivity contribution in [3.8, 4) is 0 Å². The lowest BCUT2D eigenvalue weighted by atomic mass is 9.99. The van der Waals surface area contributed by atoms with E-state index in [9.17, 15) is 9.59 Å². The van der Waals surface area contributed by atoms with E-state index in [2.05, 4.69) is 21.4 Å². The van der Waals surface area contributed by atoms with Crippen molar-refractivity contribution >= 4 is 29.3 Å². The standard InChI is InChI=1S/C23H22N4O3/c28-21-14-30-13-20-7-15(10-25-23(20)26-21)1-2-22(29)27-11-18-8-17(9-19(18)12-27)16-3-5-24-6-4-16/h1-8,10,18-19H,9,11-14H2,(H,25,26,28)/b2-1+. The summed E-state index contributed by atoms with van der Waals surface area (Å²) in [6.45, 7) is 1.87. The summed E-state index contributed by atoms with van der Waals surface area (Å²) in [5, 5.41) is 2.71. The Morgan fingerprint density at radius 1 is 1.23 bits per heavy atom. The maximum absolute atomic E-state index is 12.7. The predicted molar refractivity (Wildman–Crippen MR) is 112 cm³/mol. The van der Waals surface area contributed by atoms with Gasteiger partial charge >= 0.3 is 0 Å². The quantitative estimate of drug-likeness (QED) is 0.798. The molecule has 0 bridgehead atoms. The maximum Gasteiger partial charge on any atom is 0.251 e. The molecule has 0 spiro atoms. The van der Waals surface area contributed by atoms with Gasteiger partial charge in [0, 0.05) is 43.3 Å². The number of aromatic nitrogens is 2. The minimum atomic E-state index is -0.208. The molecule has 1 fully saturated rings. The highest BCUT2D eigenvalue weighted by Crippen LogP contribution is 2.40. The SMILES string of the molecule is O=C1COCc2cc(/C=C/C(=O)N3CC4C=C(c5ccncc5)CC4C3)cnc2N1. The van der Waals surface area contributed by atoms with E-state index in [0.29, 0.717) is 24.3 Å². The number of rotatable bonds is 3. The van der Waals surface area contributed by atoms with E-state index >= 15 is 0 Å². The average molecular weight is 402 g/mol. The van der Waals surface area contributed by atoms with Gasteiger partial charge in [-0.25, -0.2) is 4.98 Å². The number of pyridine rings is 2. The smallest absolute Gasteiger partial charge is 0.251 e. The first kappa shape index (κ1) is 18.7. The van der Waals surface area contributed by atoms with Crippen LogP contribution in [0, 0.1) is 11.8 Å². The Morgan fingerprint density at radius 2 is 2.10 bits per heavy atom. The van der Waals surface area contributed by atoms with Gasteiger partial charge in [-0.3, -0.25) is 14.6 Å². The molecule has 0 aromatic carbocycles. The summed E-state index contributed by atoms with van der Waals surface area (Å²) in [4.78, 5) is 34.5. The zero-order chi connectivity index (χ0) is 20.5. The molecule has 3 aliphatic rings. The van der Waals surface area contributed by atoms with Crippen LogP contribution in [0.1, 0.15) is 23.1 Å². The van der Waals surface area contributed by atoms with Gasteiger partial charge in [-0.2, -0.15) is 0 Å². The molecule has 152 valence electrons. The number of nitrogens with one attached hydrogen (secondary N) is 1. The molecule has 5 rings (SSSR count). The zero-order valence-corrected chi connectivity index (χ0v) is 16.5. The van der Waals surface area contributed by atoms with Crippen molar-refractivity contribution in [2.24, 2.45) is 11.8 Å². The molecule has 4 heterocycles. The monoisotopic (exact) mass is 402 g/mol. The van der Waals surface area contributed by atoms with Crippen LogP contribution < -0.4 is 5.32 Å². The molecule has 7 heteroatoms. The molecule has 2 aliphatic heterocycles. The van der Waals surface area contributed by atoms with Crippen LogP contribution >= 0.6 is 0 Å². The minimum Gasteiger partial charge on any atom is -0.367 e. The Balaban J connectivity index is 1.23. The number of hydrogen-bond acceptors (Lipinski definition) is 5. The first-order valence-electron chi connectivity index (χ1n) is 10.1. The summed E-state index contributed by atoms with van der Waals surface area (Å²) in [6, 6.07) is 5.98. The lowest BCUT2D eigenvalue weighted by molar-refractivity contribution is -0.125. The van der Waals surface area contributed by atoms with Gasteiger partial charge in [0.2, 0.25) is 5.91 Å². The van der Waals surface area contributed by atoms with E-state index < -0.39 is 0 Å². The first-order chi connectivity index (χ1) is 14.7. The van der Waals surface area contributed by atoms with Crippen LogP contribution in [-0.2, 0) is 20.9 Å². The molecule has 1 N–H and O–H groups in total. The average Bonchev–Trinajstić information content (AvgIpc) is 3.28. The third-order valence-corrected chi connectivity index (χ3v) is 5.91. The fourth-order valence-corrected chi connectivity index (χ4v) is 4.41. The molecule has 1 aliphatic carbocycles. The van der Waals surface area contributed by atoms with Crippen LogP contribution in [-0.4, -0.2) is 46.4 Å². The number of carbonyl (C=O) groups is 2. The summed E-state index contributed by atoms with van der Waals surface area (Å²) in [5.41, 5.74) is 4.20. The van der Waals surface area contributed by atoms with Crippen LogP contribution in [0.5, 0.6) is 0 Å². The van der Waals surface area contributed by atoms with Gasteiger partial charge in [-0.05, 0) is 59.2 Å². The Morgan fingerprint density at radius 3 is 2.93 bits per heavy atom. The summed E-state index contributed by atoms with van der Waals surface area (Å²) in [7, 11) is 0. The van der Waals surface area contributed by atoms with Gasteiger partial charge < -0.3 is 15.0 Å². The highest BCUT2D eigenvalue weighted by atomic mass is 16.5. The second-order valence-electron chi connectivity index (χ2n) is 7.95. The fraction of sp³-hybridized carbons (Fsp3) is 0.304. The van der Waals surface area contributed by atoms with E-state index in [0.717, 1.165) is 30.6 Å². The molecule has 2 unspecified atom stereocenters. The molecule has 2 atom stereocenters. The summed E-state index contributed by atoms with van der Waals surface area (Å²) >= 11 is 0. The van der Waals surface area contributed by atoms with Crippen molar-refractivity contribution in [1.82, 2.24) is 14.9 Å². The van der Waals surface area contributed by atoms with E-state index in [4.69, 9.17) is 4.74 Å². The second kappa shape index (κ2) is 7.84. The number of anilines is 1. The van der Waals surface area contributed by atoms with Gasteiger partial charge in [-0.1, -0.05) is 6.08 Å². The Kier molecular flexibility index (Phi) is 4.88. The summed E-state index contributed by atoms with van der Waals surface area (Å²) in [5.74, 6) is 1.23. The number of allylic oxidation sites excluding steroid dienone is 1. The van der Waals surface area contributed by atoms with Gasteiger partial charge in [-0.15, -0.1) is 0 Å². The van der Waals surface area contributed by atoms with Crippen LogP contribution in [0.15, 0.2) is 48.9 Å². The molecule has 2 aromatic heterocycles. The van der Waals surface area contributed by atoms with Crippen molar-refractivity contribution in [3.05, 3.63) is 65.6 Å². The molecular formula is C23H22N4O3. The first-order valence-corrected chi connectivity index (χ1v) is 10.1. The van der Waals surface area contributed by atoms with Crippen LogP contribution in [0.2, 0.25) is 0 Å². The van der Waals surface area contributed by atoms with Gasteiger partial charge in [0.05, 0.1) is 6.61 Å². The number of nitrogens with zero attached hydrogens (tertiary/aromatic N) is 3. The highest BCUT2D eigenvalue weighted by Gasteiger charge is 2.37. The van der Waals surface area contributed by atoms with E-state index in [1.807, 2.05) is 35.5 Å². The largest absolute Gasteiger partial charge is 0.367 e. The lowest BCUT2D eigenvalue weighted by Gasteiger charge is -2.15. The Hall–Kier alpha value is -3.32. The van der Waals surface area contributed by atoms with Gasteiger partial charge in [0.25, 0.3) is 5.91 Å². The third-order valence-electron chi connectivity index (χ3n) is 5.91. The second-order valence-corrected chi connectivity index (χ2v) is 7.95. The summed E-state index contributed by atoms with van der Waals surface area (Å²) < 4.78 is 5.32. The number of ether oxygens (including phenoxy) is 1. The molecule has 2 aromatic rings. The predicted octanol–water partition coefficient (Wildman–Crippen LogP) is 2.52. The van der Waals surface area contributed by atoms with Crippen molar-refractivity contribution in [2.75, 3.05) is 25.0 Å². The minimum absolute atomic E-state index is 0.0164. The Bertz CT molecular complexity index is 1050. The van der Waals surface area contributed by atoms with E-state index in [-0.39, 0.29) is 18.4 Å². The molecule has 1 saturated heterocycles. The molecule has 7 nitrogen and oxygen atoms in total. The van der Waals surface area contributed by atoms with Crippen molar-refractivity contribution in [1.29, 1.82) is 0 Å². The number of carbonyl (C=O) groups excluding carboxylic acids is 2. The third kappa shape index (κ3) is 3.76. The molecule has 2 amide bonds. The highest BCUT2D eigenvalue weighted by molar-refractivity contribution is 5.93. The van der Waals surface area contributed by atoms with Crippen molar-refractivity contribution in [3.63, 3.8) is 0 Å². The normalized spacial score (nSPS) is 23.0. The van der Waals surface area contributed by atoms with Gasteiger partial charge in [0.15, 0.2) is 0 Å². The molecule has 0 saturated carbocycles. The fourth-order valence-electron chi connectivity index (χ4n) is 4.41. The summed E-state index contributed by atoms with van der Waals surface area (Å²) in [6.07, 6.45) is 12.0.